The van der Waals surface area contributed by atoms with Crippen molar-refractivity contribution < 1.29 is 24.9 Å². The Balaban J connectivity index is 3.09. The minimum Gasteiger partial charge on any atom is -0.465 e. The number of hydrogen-bond acceptors (Lipinski definition) is 4. The third-order valence-electron chi connectivity index (χ3n) is 3.49. The van der Waals surface area contributed by atoms with Gasteiger partial charge in [-0.3, -0.25) is 4.90 Å². The molecule has 3 N–H and O–H groups in total. The molecule has 1 saturated heterocycles. The molecule has 0 saturated carbocycles. The van der Waals surface area contributed by atoms with E-state index in [0.29, 0.717) is 0 Å². The van der Waals surface area contributed by atoms with Crippen molar-refractivity contribution in [3.05, 3.63) is 0 Å². The topological polar surface area (TPSA) is 90.2 Å². The van der Waals surface area contributed by atoms with E-state index in [4.69, 9.17) is 4.74 Å². The first-order valence-corrected chi connectivity index (χ1v) is 6.46. The summed E-state index contributed by atoms with van der Waals surface area (Å²) in [5, 5.41) is 28.9. The molecule has 0 spiro atoms. The summed E-state index contributed by atoms with van der Waals surface area (Å²) in [6, 6.07) is -0.450. The van der Waals surface area contributed by atoms with E-state index in [2.05, 4.69) is 0 Å². The van der Waals surface area contributed by atoms with E-state index in [1.807, 2.05) is 20.8 Å². The molecule has 1 fully saturated rings. The predicted molar refractivity (Wildman–Crippen MR) is 70.0 cm³/mol. The first-order chi connectivity index (χ1) is 8.48. The highest BCUT2D eigenvalue weighted by Gasteiger charge is 2.48. The molecule has 1 rings (SSSR count). The molecule has 0 aromatic rings. The zero-order valence-corrected chi connectivity index (χ0v) is 12.3. The van der Waals surface area contributed by atoms with Crippen molar-refractivity contribution in [1.29, 1.82) is 0 Å². The molecule has 112 valence electrons. The molecule has 0 aliphatic carbocycles. The highest BCUT2D eigenvalue weighted by Crippen LogP contribution is 2.34. The van der Waals surface area contributed by atoms with Crippen molar-refractivity contribution in [2.24, 2.45) is 5.41 Å². The first kappa shape index (κ1) is 16.2. The lowest BCUT2D eigenvalue weighted by atomic mass is 9.80. The summed E-state index contributed by atoms with van der Waals surface area (Å²) in [5.74, 6) is 0. The van der Waals surface area contributed by atoms with E-state index in [1.165, 1.54) is 4.90 Å². The van der Waals surface area contributed by atoms with Crippen molar-refractivity contribution in [3.63, 3.8) is 0 Å². The van der Waals surface area contributed by atoms with Gasteiger partial charge in [-0.25, -0.2) is 4.79 Å². The van der Waals surface area contributed by atoms with Crippen molar-refractivity contribution in [2.45, 2.75) is 58.5 Å². The van der Waals surface area contributed by atoms with Gasteiger partial charge in [0.25, 0.3) is 0 Å². The van der Waals surface area contributed by atoms with Crippen LogP contribution >= 0.6 is 0 Å². The Labute approximate surface area is 114 Å². The van der Waals surface area contributed by atoms with E-state index >= 15 is 0 Å². The maximum Gasteiger partial charge on any atom is 0.407 e. The molecule has 6 heteroatoms. The Bertz CT molecular complexity index is 331. The molecule has 1 unspecified atom stereocenters. The molecule has 0 aromatic carbocycles. The number of rotatable bonds is 2. The van der Waals surface area contributed by atoms with Crippen LogP contribution in [0.3, 0.4) is 0 Å². The van der Waals surface area contributed by atoms with Crippen LogP contribution in [0.25, 0.3) is 0 Å². The van der Waals surface area contributed by atoms with Crippen LogP contribution in [0.2, 0.25) is 0 Å². The van der Waals surface area contributed by atoms with Crippen LogP contribution in [0.5, 0.6) is 0 Å². The lowest BCUT2D eigenvalue weighted by molar-refractivity contribution is -0.198. The Morgan fingerprint density at radius 1 is 1.32 bits per heavy atom. The minimum atomic E-state index is -1.16. The quantitative estimate of drug-likeness (QED) is 0.697. The van der Waals surface area contributed by atoms with Crippen LogP contribution in [0.1, 0.15) is 34.6 Å². The summed E-state index contributed by atoms with van der Waals surface area (Å²) in [4.78, 5) is 12.7. The lowest BCUT2D eigenvalue weighted by Crippen LogP contribution is -2.65. The van der Waals surface area contributed by atoms with Crippen molar-refractivity contribution in [3.8, 4) is 0 Å². The van der Waals surface area contributed by atoms with Gasteiger partial charge in [0, 0.05) is 0 Å². The van der Waals surface area contributed by atoms with E-state index in [9.17, 15) is 20.1 Å². The number of amides is 1. The zero-order valence-electron chi connectivity index (χ0n) is 12.3. The highest BCUT2D eigenvalue weighted by molar-refractivity contribution is 5.66. The third kappa shape index (κ3) is 3.58. The number of nitrogens with zero attached hydrogens (tertiary/aromatic N) is 1. The zero-order chi connectivity index (χ0) is 15.0. The number of morpholine rings is 1. The maximum atomic E-state index is 11.5. The largest absolute Gasteiger partial charge is 0.465 e. The maximum absolute atomic E-state index is 11.5. The van der Waals surface area contributed by atoms with Gasteiger partial charge >= 0.3 is 6.09 Å². The van der Waals surface area contributed by atoms with Crippen LogP contribution in [0, 0.1) is 5.41 Å². The van der Waals surface area contributed by atoms with E-state index in [-0.39, 0.29) is 18.6 Å². The van der Waals surface area contributed by atoms with Gasteiger partial charge in [0.2, 0.25) is 0 Å². The summed E-state index contributed by atoms with van der Waals surface area (Å²) in [6.07, 6.45) is -2.35. The monoisotopic (exact) mass is 275 g/mol. The fourth-order valence-electron chi connectivity index (χ4n) is 2.58. The molecule has 0 aromatic heterocycles. The average Bonchev–Trinajstić information content (AvgIpc) is 2.24. The molecule has 1 aliphatic rings. The Morgan fingerprint density at radius 3 is 2.16 bits per heavy atom. The minimum absolute atomic E-state index is 0.0945. The smallest absolute Gasteiger partial charge is 0.407 e. The molecule has 6 nitrogen and oxygen atoms in total. The number of aliphatic hydroxyl groups excluding tert-OH is 1. The molecule has 3 atom stereocenters. The second-order valence-electron chi connectivity index (χ2n) is 6.75. The Kier molecular flexibility index (Phi) is 4.49. The summed E-state index contributed by atoms with van der Waals surface area (Å²) in [6.45, 7) is 8.68. The molecular formula is C13H25NO5. The van der Waals surface area contributed by atoms with Crippen molar-refractivity contribution in [1.82, 2.24) is 4.90 Å². The third-order valence-corrected chi connectivity index (χ3v) is 3.49. The fourth-order valence-corrected chi connectivity index (χ4v) is 2.58. The van der Waals surface area contributed by atoms with Gasteiger partial charge in [0.15, 0.2) is 0 Å². The van der Waals surface area contributed by atoms with Gasteiger partial charge in [0.05, 0.1) is 24.8 Å². The molecule has 0 bridgehead atoms. The van der Waals surface area contributed by atoms with Gasteiger partial charge in [-0.2, -0.15) is 0 Å². The van der Waals surface area contributed by atoms with Gasteiger partial charge in [-0.1, -0.05) is 20.8 Å². The average molecular weight is 275 g/mol. The normalized spacial score (nSPS) is 29.4. The van der Waals surface area contributed by atoms with Crippen LogP contribution in [0.15, 0.2) is 0 Å². The van der Waals surface area contributed by atoms with E-state index < -0.39 is 29.9 Å². The summed E-state index contributed by atoms with van der Waals surface area (Å²) in [5.41, 5.74) is -1.53. The van der Waals surface area contributed by atoms with Crippen molar-refractivity contribution in [2.75, 3.05) is 13.2 Å². The second kappa shape index (κ2) is 5.26. The highest BCUT2D eigenvalue weighted by atomic mass is 16.5. The number of carboxylic acid groups (broad SMARTS) is 1. The summed E-state index contributed by atoms with van der Waals surface area (Å²) in [7, 11) is 0. The van der Waals surface area contributed by atoms with Crippen molar-refractivity contribution >= 4 is 6.09 Å². The molecule has 19 heavy (non-hydrogen) atoms. The SMILES string of the molecule is CC(C)(C)C1[C@H](CO)O[C@H](C(C)(C)O)CN1C(=O)O. The lowest BCUT2D eigenvalue weighted by Gasteiger charge is -2.50. The van der Waals surface area contributed by atoms with E-state index in [1.54, 1.807) is 13.8 Å². The standard InChI is InChI=1S/C13H25NO5/c1-12(2,3)10-8(7-15)19-9(13(4,5)18)6-14(10)11(16)17/h8-10,15,18H,6-7H2,1-5H3,(H,16,17)/t8-,9-,10?/m0/s1. The molecule has 1 heterocycles. The summed E-state index contributed by atoms with van der Waals surface area (Å²) >= 11 is 0. The number of hydrogen-bond donors (Lipinski definition) is 3. The van der Waals surface area contributed by atoms with Gasteiger partial charge in [0.1, 0.15) is 12.2 Å². The van der Waals surface area contributed by atoms with Gasteiger partial charge in [-0.05, 0) is 19.3 Å². The predicted octanol–water partition coefficient (Wildman–Crippen LogP) is 0.912. The van der Waals surface area contributed by atoms with Crippen LogP contribution in [-0.2, 0) is 4.74 Å². The number of aliphatic hydroxyl groups is 2. The molecular weight excluding hydrogens is 250 g/mol. The number of ether oxygens (including phenoxy) is 1. The van der Waals surface area contributed by atoms with Crippen LogP contribution < -0.4 is 0 Å². The Hall–Kier alpha value is -0.850. The molecule has 1 aliphatic heterocycles. The van der Waals surface area contributed by atoms with Gasteiger partial charge in [-0.15, -0.1) is 0 Å². The molecule has 0 radical (unpaired) electrons. The first-order valence-electron chi connectivity index (χ1n) is 6.46. The van der Waals surface area contributed by atoms with E-state index in [0.717, 1.165) is 0 Å². The fraction of sp³-hybridized carbons (Fsp3) is 0.923. The van der Waals surface area contributed by atoms with Crippen LogP contribution in [-0.4, -0.2) is 63.3 Å². The van der Waals surface area contributed by atoms with Gasteiger partial charge < -0.3 is 20.1 Å². The Morgan fingerprint density at radius 2 is 1.84 bits per heavy atom. The summed E-state index contributed by atoms with van der Waals surface area (Å²) < 4.78 is 5.71. The second-order valence-corrected chi connectivity index (χ2v) is 6.75. The molecule has 1 amide bonds. The number of carbonyl (C=O) groups is 1. The van der Waals surface area contributed by atoms with Crippen LogP contribution in [0.4, 0.5) is 4.79 Å².